The minimum Gasteiger partial charge on any atom is -0.360 e. The van der Waals surface area contributed by atoms with Crippen LogP contribution in [-0.4, -0.2) is 12.1 Å². The predicted octanol–water partition coefficient (Wildman–Crippen LogP) is 3.02. The molecule has 4 rings (SSSR count). The summed E-state index contributed by atoms with van der Waals surface area (Å²) in [6, 6.07) is 4.16. The quantitative estimate of drug-likeness (QED) is 0.676. The number of amides is 1. The van der Waals surface area contributed by atoms with E-state index in [9.17, 15) is 4.79 Å². The summed E-state index contributed by atoms with van der Waals surface area (Å²) in [6.07, 6.45) is 6.18. The molecule has 2 atom stereocenters. The number of anilines is 3. The summed E-state index contributed by atoms with van der Waals surface area (Å²) < 4.78 is 0. The Hall–Kier alpha value is -1.97. The van der Waals surface area contributed by atoms with Gasteiger partial charge in [-0.1, -0.05) is 6.08 Å². The van der Waals surface area contributed by atoms with Crippen LogP contribution in [0.5, 0.6) is 0 Å². The van der Waals surface area contributed by atoms with Gasteiger partial charge in [-0.15, -0.1) is 0 Å². The number of hydrogen-bond donors (Lipinski definition) is 3. The topological polar surface area (TPSA) is 53.2 Å². The molecular formula is C15H17N3O. The number of benzene rings is 1. The van der Waals surface area contributed by atoms with Crippen molar-refractivity contribution in [1.29, 1.82) is 0 Å². The van der Waals surface area contributed by atoms with Crippen molar-refractivity contribution in [2.24, 2.45) is 0 Å². The first-order chi connectivity index (χ1) is 9.22. The molecule has 2 heterocycles. The molecule has 0 radical (unpaired) electrons. The van der Waals surface area contributed by atoms with Crippen LogP contribution in [0.1, 0.15) is 37.7 Å². The van der Waals surface area contributed by atoms with Crippen LogP contribution in [0.3, 0.4) is 0 Å². The lowest BCUT2D eigenvalue weighted by Crippen LogP contribution is -2.23. The summed E-state index contributed by atoms with van der Waals surface area (Å²) in [4.78, 5) is 11.7. The van der Waals surface area contributed by atoms with E-state index in [1.165, 1.54) is 24.8 Å². The van der Waals surface area contributed by atoms with Crippen LogP contribution in [0.25, 0.3) is 0 Å². The van der Waals surface area contributed by atoms with Crippen molar-refractivity contribution in [3.8, 4) is 0 Å². The molecule has 3 N–H and O–H groups in total. The number of rotatable bonds is 1. The number of nitrogens with one attached hydrogen (secondary N) is 3. The van der Waals surface area contributed by atoms with Crippen LogP contribution < -0.4 is 16.0 Å². The molecule has 1 aliphatic carbocycles. The minimum atomic E-state index is -0.0492. The Bertz CT molecular complexity index is 606. The van der Waals surface area contributed by atoms with E-state index in [4.69, 9.17) is 0 Å². The van der Waals surface area contributed by atoms with Crippen LogP contribution in [0, 0.1) is 0 Å². The molecule has 19 heavy (non-hydrogen) atoms. The first kappa shape index (κ1) is 10.9. The van der Waals surface area contributed by atoms with E-state index in [-0.39, 0.29) is 18.0 Å². The van der Waals surface area contributed by atoms with E-state index in [1.807, 2.05) is 6.92 Å². The zero-order valence-corrected chi connectivity index (χ0v) is 10.9. The van der Waals surface area contributed by atoms with Gasteiger partial charge in [-0.25, -0.2) is 0 Å². The number of allylic oxidation sites excluding steroid dienone is 1. The van der Waals surface area contributed by atoms with Gasteiger partial charge in [-0.3, -0.25) is 4.79 Å². The van der Waals surface area contributed by atoms with E-state index in [0.717, 1.165) is 22.6 Å². The summed E-state index contributed by atoms with van der Waals surface area (Å²) in [6.45, 7) is 1.95. The molecule has 98 valence electrons. The summed E-state index contributed by atoms with van der Waals surface area (Å²) in [5, 5.41) is 9.97. The summed E-state index contributed by atoms with van der Waals surface area (Å²) in [5.74, 6) is 0.0422. The molecule has 2 unspecified atom stereocenters. The molecule has 3 aliphatic rings. The lowest BCUT2D eigenvalue weighted by atomic mass is 10.0. The Labute approximate surface area is 112 Å². The Morgan fingerprint density at radius 2 is 1.95 bits per heavy atom. The van der Waals surface area contributed by atoms with Gasteiger partial charge in [0, 0.05) is 5.69 Å². The smallest absolute Gasteiger partial charge is 0.231 e. The van der Waals surface area contributed by atoms with Crippen LogP contribution in [-0.2, 0) is 4.79 Å². The van der Waals surface area contributed by atoms with E-state index in [0.29, 0.717) is 0 Å². The van der Waals surface area contributed by atoms with Gasteiger partial charge in [0.05, 0.1) is 17.3 Å². The molecule has 1 amide bonds. The molecule has 1 aromatic rings. The number of carbonyl (C=O) groups excluding carboxylic acids is 1. The molecule has 1 aromatic carbocycles. The van der Waals surface area contributed by atoms with Gasteiger partial charge in [0.2, 0.25) is 5.91 Å². The van der Waals surface area contributed by atoms with Crippen molar-refractivity contribution < 1.29 is 4.79 Å². The molecule has 0 saturated heterocycles. The predicted molar refractivity (Wildman–Crippen MR) is 76.5 cm³/mol. The van der Waals surface area contributed by atoms with Gasteiger partial charge in [0.1, 0.15) is 6.17 Å². The normalized spacial score (nSPS) is 27.2. The number of carbonyl (C=O) groups is 1. The zero-order valence-electron chi connectivity index (χ0n) is 10.9. The SMILES string of the molecule is CC1C(=O)Nc2cc3c(cc21)NC(C1=CCCC1)N3. The number of hydrogen-bond acceptors (Lipinski definition) is 3. The van der Waals surface area contributed by atoms with Gasteiger partial charge < -0.3 is 16.0 Å². The van der Waals surface area contributed by atoms with Crippen molar-refractivity contribution in [1.82, 2.24) is 0 Å². The third-order valence-electron chi connectivity index (χ3n) is 4.35. The van der Waals surface area contributed by atoms with E-state index < -0.39 is 0 Å². The van der Waals surface area contributed by atoms with E-state index in [2.05, 4.69) is 34.2 Å². The Kier molecular flexibility index (Phi) is 2.16. The van der Waals surface area contributed by atoms with Gasteiger partial charge in [0.25, 0.3) is 0 Å². The van der Waals surface area contributed by atoms with Crippen molar-refractivity contribution in [2.75, 3.05) is 16.0 Å². The average molecular weight is 255 g/mol. The van der Waals surface area contributed by atoms with Gasteiger partial charge >= 0.3 is 0 Å². The minimum absolute atomic E-state index is 0.0492. The van der Waals surface area contributed by atoms with Gasteiger partial charge in [-0.05, 0) is 49.5 Å². The molecule has 0 fully saturated rings. The largest absolute Gasteiger partial charge is 0.360 e. The van der Waals surface area contributed by atoms with E-state index >= 15 is 0 Å². The lowest BCUT2D eigenvalue weighted by Gasteiger charge is -2.13. The highest BCUT2D eigenvalue weighted by molar-refractivity contribution is 6.04. The summed E-state index contributed by atoms with van der Waals surface area (Å²) in [7, 11) is 0. The van der Waals surface area contributed by atoms with Crippen molar-refractivity contribution in [3.63, 3.8) is 0 Å². The maximum atomic E-state index is 11.7. The highest BCUT2D eigenvalue weighted by Crippen LogP contribution is 2.42. The lowest BCUT2D eigenvalue weighted by molar-refractivity contribution is -0.116. The second-order valence-electron chi connectivity index (χ2n) is 5.59. The fraction of sp³-hybridized carbons (Fsp3) is 0.400. The van der Waals surface area contributed by atoms with Crippen LogP contribution in [0.2, 0.25) is 0 Å². The molecule has 0 saturated carbocycles. The first-order valence-corrected chi connectivity index (χ1v) is 6.93. The molecule has 0 spiro atoms. The second-order valence-corrected chi connectivity index (χ2v) is 5.59. The van der Waals surface area contributed by atoms with Gasteiger partial charge in [-0.2, -0.15) is 0 Å². The zero-order chi connectivity index (χ0) is 13.0. The highest BCUT2D eigenvalue weighted by Gasteiger charge is 2.31. The fourth-order valence-corrected chi connectivity index (χ4v) is 3.19. The Balaban J connectivity index is 1.67. The molecule has 4 nitrogen and oxygen atoms in total. The second kappa shape index (κ2) is 3.76. The third kappa shape index (κ3) is 1.56. The van der Waals surface area contributed by atoms with Crippen LogP contribution >= 0.6 is 0 Å². The first-order valence-electron chi connectivity index (χ1n) is 6.93. The molecule has 0 bridgehead atoms. The molecular weight excluding hydrogens is 238 g/mol. The maximum Gasteiger partial charge on any atom is 0.231 e. The monoisotopic (exact) mass is 255 g/mol. The fourth-order valence-electron chi connectivity index (χ4n) is 3.19. The third-order valence-corrected chi connectivity index (χ3v) is 4.35. The average Bonchev–Trinajstić information content (AvgIpc) is 3.08. The van der Waals surface area contributed by atoms with E-state index in [1.54, 1.807) is 0 Å². The maximum absolute atomic E-state index is 11.7. The number of fused-ring (bicyclic) bond motifs is 2. The Morgan fingerprint density at radius 1 is 1.16 bits per heavy atom. The van der Waals surface area contributed by atoms with Crippen molar-refractivity contribution in [2.45, 2.75) is 38.3 Å². The Morgan fingerprint density at radius 3 is 2.68 bits per heavy atom. The van der Waals surface area contributed by atoms with Gasteiger partial charge in [0.15, 0.2) is 0 Å². The van der Waals surface area contributed by atoms with Crippen molar-refractivity contribution in [3.05, 3.63) is 29.3 Å². The molecule has 0 aromatic heterocycles. The standard InChI is InChI=1S/C15H17N3O/c1-8-10-6-12-13(7-11(10)18-15(8)19)17-14(16-12)9-4-2-3-5-9/h4,6-8,14,16-17H,2-3,5H2,1H3,(H,18,19). The molecule has 4 heteroatoms. The van der Waals surface area contributed by atoms with Crippen LogP contribution in [0.4, 0.5) is 17.1 Å². The summed E-state index contributed by atoms with van der Waals surface area (Å²) in [5.41, 5.74) is 5.70. The summed E-state index contributed by atoms with van der Waals surface area (Å²) >= 11 is 0. The van der Waals surface area contributed by atoms with Crippen LogP contribution in [0.15, 0.2) is 23.8 Å². The highest BCUT2D eigenvalue weighted by atomic mass is 16.2. The molecule has 2 aliphatic heterocycles. The van der Waals surface area contributed by atoms with Crippen molar-refractivity contribution >= 4 is 23.0 Å².